The zero-order valence-corrected chi connectivity index (χ0v) is 34.8. The molecule has 0 saturated heterocycles. The van der Waals surface area contributed by atoms with Gasteiger partial charge in [-0.3, -0.25) is 0 Å². The van der Waals surface area contributed by atoms with Crippen LogP contribution >= 0.6 is 0 Å². The minimum Gasteiger partial charge on any atom is -0.228 e. The Morgan fingerprint density at radius 1 is 0.250 bits per heavy atom. The van der Waals surface area contributed by atoms with Crippen LogP contribution in [-0.4, -0.2) is 9.97 Å². The quantitative estimate of drug-likeness (QED) is 0.123. The summed E-state index contributed by atoms with van der Waals surface area (Å²) < 4.78 is 0. The number of nitrogens with zero attached hydrogens (tertiary/aromatic N) is 2. The Hall–Kier alpha value is -8.46. The van der Waals surface area contributed by atoms with Crippen LogP contribution in [0.3, 0.4) is 0 Å². The summed E-state index contributed by atoms with van der Waals surface area (Å²) in [5.41, 5.74) is 13.4. The van der Waals surface area contributed by atoms with Crippen LogP contribution in [0.1, 0.15) is 0 Å². The van der Waals surface area contributed by atoms with Crippen molar-refractivity contribution in [1.82, 2.24) is 9.97 Å². The van der Waals surface area contributed by atoms with Crippen LogP contribution in [0.15, 0.2) is 231 Å². The largest absolute Gasteiger partial charge is 0.228 e. The molecule has 13 rings (SSSR count). The molecule has 0 atom stereocenters. The number of hydrogen-bond donors (Lipinski definition) is 0. The maximum atomic E-state index is 5.46. The van der Waals surface area contributed by atoms with E-state index in [2.05, 4.69) is 231 Å². The fraction of sp³-hybridized carbons (Fsp3) is 0. The van der Waals surface area contributed by atoms with Crippen LogP contribution < -0.4 is 0 Å². The van der Waals surface area contributed by atoms with E-state index in [0.29, 0.717) is 5.82 Å². The van der Waals surface area contributed by atoms with E-state index in [-0.39, 0.29) is 0 Å². The summed E-state index contributed by atoms with van der Waals surface area (Å²) in [6.45, 7) is 0. The molecule has 0 amide bonds. The molecular weight excluding hydrogens is 773 g/mol. The van der Waals surface area contributed by atoms with Crippen LogP contribution in [0.4, 0.5) is 0 Å². The minimum atomic E-state index is 0.702. The van der Waals surface area contributed by atoms with Crippen molar-refractivity contribution in [3.63, 3.8) is 0 Å². The van der Waals surface area contributed by atoms with Crippen molar-refractivity contribution in [2.24, 2.45) is 0 Å². The second-order valence-electron chi connectivity index (χ2n) is 16.8. The van der Waals surface area contributed by atoms with E-state index >= 15 is 0 Å². The van der Waals surface area contributed by atoms with Gasteiger partial charge in [0.05, 0.1) is 11.2 Å². The van der Waals surface area contributed by atoms with E-state index in [9.17, 15) is 0 Å². The normalized spacial score (nSPS) is 11.8. The monoisotopic (exact) mass is 810 g/mol. The number of fused-ring (bicyclic) bond motifs is 3. The summed E-state index contributed by atoms with van der Waals surface area (Å²) in [6, 6.07) is 83.6. The van der Waals surface area contributed by atoms with Crippen LogP contribution in [-0.2, 0) is 0 Å². The summed E-state index contributed by atoms with van der Waals surface area (Å²) in [5.74, 6) is 0.702. The Kier molecular flexibility index (Phi) is 8.25. The average Bonchev–Trinajstić information content (AvgIpc) is 3.37. The van der Waals surface area contributed by atoms with E-state index in [1.165, 1.54) is 87.2 Å². The highest BCUT2D eigenvalue weighted by Crippen LogP contribution is 2.47. The van der Waals surface area contributed by atoms with Gasteiger partial charge in [-0.25, -0.2) is 9.97 Å². The molecule has 1 heterocycles. The van der Waals surface area contributed by atoms with Crippen LogP contribution in [0.2, 0.25) is 0 Å². The summed E-state index contributed by atoms with van der Waals surface area (Å²) >= 11 is 0. The third-order valence-electron chi connectivity index (χ3n) is 13.2. The van der Waals surface area contributed by atoms with E-state index in [1.54, 1.807) is 0 Å². The molecule has 64 heavy (non-hydrogen) atoms. The molecule has 296 valence electrons. The maximum Gasteiger partial charge on any atom is 0.161 e. The molecule has 0 fully saturated rings. The van der Waals surface area contributed by atoms with Gasteiger partial charge in [0, 0.05) is 16.5 Å². The SMILES string of the molecule is c1ccc(-c2cccc(-c3nc(-c4ccccc4-c4c5ccccc5c(-c5cccc(-c6ccc7ccc8cccc9ccc6c7c89)c5)c5ccccc45)nc4ccccc34)c2)cc1. The van der Waals surface area contributed by atoms with E-state index < -0.39 is 0 Å². The first kappa shape index (κ1) is 36.2. The first-order valence-corrected chi connectivity index (χ1v) is 22.0. The predicted molar refractivity (Wildman–Crippen MR) is 271 cm³/mol. The summed E-state index contributed by atoms with van der Waals surface area (Å²) in [6.07, 6.45) is 0. The van der Waals surface area contributed by atoms with Crippen molar-refractivity contribution in [3.05, 3.63) is 231 Å². The topological polar surface area (TPSA) is 25.8 Å². The molecule has 0 unspecified atom stereocenters. The van der Waals surface area contributed by atoms with E-state index in [4.69, 9.17) is 9.97 Å². The predicted octanol–water partition coefficient (Wildman–Crippen LogP) is 16.8. The van der Waals surface area contributed by atoms with Gasteiger partial charge < -0.3 is 0 Å². The second-order valence-corrected chi connectivity index (χ2v) is 16.8. The van der Waals surface area contributed by atoms with Gasteiger partial charge in [0.25, 0.3) is 0 Å². The fourth-order valence-corrected chi connectivity index (χ4v) is 10.3. The first-order valence-electron chi connectivity index (χ1n) is 22.0. The first-order chi connectivity index (χ1) is 31.7. The highest BCUT2D eigenvalue weighted by molar-refractivity contribution is 6.26. The Morgan fingerprint density at radius 2 is 0.766 bits per heavy atom. The second kappa shape index (κ2) is 14.6. The van der Waals surface area contributed by atoms with Gasteiger partial charge in [0.1, 0.15) is 0 Å². The minimum absolute atomic E-state index is 0.702. The third-order valence-corrected chi connectivity index (χ3v) is 13.2. The highest BCUT2D eigenvalue weighted by Gasteiger charge is 2.22. The van der Waals surface area contributed by atoms with Gasteiger partial charge in [0.15, 0.2) is 5.82 Å². The number of benzene rings is 12. The van der Waals surface area contributed by atoms with Crippen LogP contribution in [0, 0.1) is 0 Å². The molecule has 0 bridgehead atoms. The molecule has 0 aliphatic heterocycles. The maximum absolute atomic E-state index is 5.46. The van der Waals surface area contributed by atoms with E-state index in [1.807, 2.05) is 0 Å². The zero-order valence-electron chi connectivity index (χ0n) is 34.8. The van der Waals surface area contributed by atoms with Gasteiger partial charge in [-0.1, -0.05) is 212 Å². The molecule has 0 aliphatic rings. The summed E-state index contributed by atoms with van der Waals surface area (Å²) in [4.78, 5) is 10.8. The molecule has 1 aromatic heterocycles. The Labute approximate surface area is 370 Å². The van der Waals surface area contributed by atoms with Crippen molar-refractivity contribution in [2.75, 3.05) is 0 Å². The average molecular weight is 811 g/mol. The molecular formula is C62H38N2. The molecule has 0 saturated carbocycles. The summed E-state index contributed by atoms with van der Waals surface area (Å²) in [7, 11) is 0. The van der Waals surface area contributed by atoms with Gasteiger partial charge in [0.2, 0.25) is 0 Å². The molecule has 13 aromatic rings. The lowest BCUT2D eigenvalue weighted by atomic mass is 9.84. The molecule has 2 nitrogen and oxygen atoms in total. The Bertz CT molecular complexity index is 3890. The van der Waals surface area contributed by atoms with Crippen molar-refractivity contribution >= 4 is 64.8 Å². The summed E-state index contributed by atoms with van der Waals surface area (Å²) in [5, 5.41) is 13.6. The number of aromatic nitrogens is 2. The van der Waals surface area contributed by atoms with Crippen molar-refractivity contribution < 1.29 is 0 Å². The van der Waals surface area contributed by atoms with Crippen molar-refractivity contribution in [1.29, 1.82) is 0 Å². The molecule has 0 N–H and O–H groups in total. The molecule has 2 heteroatoms. The molecule has 0 spiro atoms. The lowest BCUT2D eigenvalue weighted by Gasteiger charge is -2.20. The van der Waals surface area contributed by atoms with E-state index in [0.717, 1.165) is 38.9 Å². The number of hydrogen-bond acceptors (Lipinski definition) is 2. The molecule has 0 aliphatic carbocycles. The van der Waals surface area contributed by atoms with Gasteiger partial charge in [-0.2, -0.15) is 0 Å². The highest BCUT2D eigenvalue weighted by atomic mass is 14.9. The lowest BCUT2D eigenvalue weighted by molar-refractivity contribution is 1.23. The van der Waals surface area contributed by atoms with Crippen LogP contribution in [0.25, 0.3) is 132 Å². The van der Waals surface area contributed by atoms with Crippen molar-refractivity contribution in [3.8, 4) is 67.2 Å². The standard InChI is InChI=1S/C62H38N2/c1-2-15-39(16-3-1)43-19-13-22-46(37-43)61-55-29-10-11-30-56(55)63-62(64-61)54-28-9-8-27-52(54)60-50-25-6-4-23-48(50)58(49-24-5-7-26-51(49)60)45-21-14-20-44(38-45)47-35-33-42-32-31-40-17-12-18-41-34-36-53(47)59(42)57(40)41/h1-38H. The lowest BCUT2D eigenvalue weighted by Crippen LogP contribution is -1.98. The Morgan fingerprint density at radius 3 is 1.52 bits per heavy atom. The number of para-hydroxylation sites is 1. The van der Waals surface area contributed by atoms with Crippen LogP contribution in [0.5, 0.6) is 0 Å². The third kappa shape index (κ3) is 5.73. The van der Waals surface area contributed by atoms with Gasteiger partial charge in [-0.05, 0) is 117 Å². The van der Waals surface area contributed by atoms with Gasteiger partial charge >= 0.3 is 0 Å². The van der Waals surface area contributed by atoms with Crippen molar-refractivity contribution in [2.45, 2.75) is 0 Å². The smallest absolute Gasteiger partial charge is 0.161 e. The molecule has 0 radical (unpaired) electrons. The number of rotatable bonds is 6. The zero-order chi connectivity index (χ0) is 42.1. The van der Waals surface area contributed by atoms with Gasteiger partial charge in [-0.15, -0.1) is 0 Å². The fourth-order valence-electron chi connectivity index (χ4n) is 10.3. The molecule has 12 aromatic carbocycles. The Balaban J connectivity index is 1.00.